The highest BCUT2D eigenvalue weighted by atomic mass is 16.5. The third kappa shape index (κ3) is 5.33. The molecule has 0 N–H and O–H groups in total. The molecule has 0 atom stereocenters. The van der Waals surface area contributed by atoms with Crippen molar-refractivity contribution < 1.29 is 9.53 Å². The van der Waals surface area contributed by atoms with Crippen LogP contribution in [0.5, 0.6) is 5.75 Å². The maximum Gasteiger partial charge on any atom is 0.226 e. The van der Waals surface area contributed by atoms with Crippen LogP contribution >= 0.6 is 0 Å². The number of ether oxygens (including phenoxy) is 1. The molecule has 1 fully saturated rings. The van der Waals surface area contributed by atoms with E-state index >= 15 is 0 Å². The lowest BCUT2D eigenvalue weighted by atomic mass is 10.1. The molecular formula is C21H26N2O2. The molecule has 0 bridgehead atoms. The van der Waals surface area contributed by atoms with Crippen LogP contribution in [0.4, 0.5) is 0 Å². The van der Waals surface area contributed by atoms with Gasteiger partial charge in [-0.25, -0.2) is 0 Å². The molecule has 0 unspecified atom stereocenters. The van der Waals surface area contributed by atoms with E-state index < -0.39 is 0 Å². The van der Waals surface area contributed by atoms with Gasteiger partial charge in [-0.1, -0.05) is 48.0 Å². The molecule has 132 valence electrons. The van der Waals surface area contributed by atoms with Crippen LogP contribution in [0.3, 0.4) is 0 Å². The molecule has 3 rings (SSSR count). The minimum atomic E-state index is 0.186. The quantitative estimate of drug-likeness (QED) is 0.811. The van der Waals surface area contributed by atoms with Crippen molar-refractivity contribution in [3.63, 3.8) is 0 Å². The first-order valence-electron chi connectivity index (χ1n) is 8.94. The van der Waals surface area contributed by atoms with Gasteiger partial charge in [-0.2, -0.15) is 0 Å². The fraction of sp³-hybridized carbons (Fsp3) is 0.381. The normalized spacial score (nSPS) is 15.2. The first kappa shape index (κ1) is 17.5. The molecule has 0 aliphatic carbocycles. The van der Waals surface area contributed by atoms with Crippen LogP contribution in [0.15, 0.2) is 54.6 Å². The first-order valence-corrected chi connectivity index (χ1v) is 8.94. The summed E-state index contributed by atoms with van der Waals surface area (Å²) in [5, 5.41) is 0. The van der Waals surface area contributed by atoms with Gasteiger partial charge in [0.05, 0.1) is 13.0 Å². The second-order valence-electron chi connectivity index (χ2n) is 6.56. The minimum Gasteiger partial charge on any atom is -0.493 e. The Morgan fingerprint density at radius 1 is 1.00 bits per heavy atom. The lowest BCUT2D eigenvalue weighted by Crippen LogP contribution is -2.48. The van der Waals surface area contributed by atoms with Gasteiger partial charge in [-0.15, -0.1) is 0 Å². The monoisotopic (exact) mass is 338 g/mol. The highest BCUT2D eigenvalue weighted by molar-refractivity contribution is 5.76. The smallest absolute Gasteiger partial charge is 0.226 e. The summed E-state index contributed by atoms with van der Waals surface area (Å²) in [6.07, 6.45) is 0.437. The van der Waals surface area contributed by atoms with Crippen LogP contribution in [0.2, 0.25) is 0 Å². The topological polar surface area (TPSA) is 32.8 Å². The fourth-order valence-electron chi connectivity index (χ4n) is 3.16. The van der Waals surface area contributed by atoms with Gasteiger partial charge in [0, 0.05) is 32.7 Å². The number of carbonyl (C=O) groups excluding carboxylic acids is 1. The zero-order valence-electron chi connectivity index (χ0n) is 14.9. The number of hydrogen-bond acceptors (Lipinski definition) is 3. The van der Waals surface area contributed by atoms with E-state index in [9.17, 15) is 4.79 Å². The number of piperazine rings is 1. The molecule has 4 nitrogen and oxygen atoms in total. The Bertz CT molecular complexity index is 679. The number of nitrogens with zero attached hydrogens (tertiary/aromatic N) is 2. The van der Waals surface area contributed by atoms with Crippen LogP contribution in [0, 0.1) is 6.92 Å². The molecule has 1 heterocycles. The molecule has 1 aliphatic heterocycles. The number of hydrogen-bond donors (Lipinski definition) is 0. The van der Waals surface area contributed by atoms with Crippen molar-refractivity contribution in [2.75, 3.05) is 32.8 Å². The second kappa shape index (κ2) is 8.67. The SMILES string of the molecule is Cc1cccc(CN2CCN(C(=O)CCOc3ccccc3)CC2)c1. The summed E-state index contributed by atoms with van der Waals surface area (Å²) in [5.74, 6) is 1.00. The molecule has 0 spiro atoms. The summed E-state index contributed by atoms with van der Waals surface area (Å²) >= 11 is 0. The first-order chi connectivity index (χ1) is 12.2. The lowest BCUT2D eigenvalue weighted by molar-refractivity contribution is -0.133. The van der Waals surface area contributed by atoms with Gasteiger partial charge in [-0.3, -0.25) is 9.69 Å². The van der Waals surface area contributed by atoms with Crippen molar-refractivity contribution in [1.82, 2.24) is 9.80 Å². The van der Waals surface area contributed by atoms with Gasteiger partial charge in [-0.05, 0) is 24.6 Å². The van der Waals surface area contributed by atoms with Gasteiger partial charge >= 0.3 is 0 Å². The highest BCUT2D eigenvalue weighted by Crippen LogP contribution is 2.12. The van der Waals surface area contributed by atoms with E-state index in [0.717, 1.165) is 38.5 Å². The lowest BCUT2D eigenvalue weighted by Gasteiger charge is -2.34. The van der Waals surface area contributed by atoms with Crippen molar-refractivity contribution in [3.05, 3.63) is 65.7 Å². The van der Waals surface area contributed by atoms with Crippen molar-refractivity contribution in [2.24, 2.45) is 0 Å². The van der Waals surface area contributed by atoms with E-state index in [0.29, 0.717) is 13.0 Å². The van der Waals surface area contributed by atoms with Gasteiger partial charge in [0.25, 0.3) is 0 Å². The van der Waals surface area contributed by atoms with Gasteiger partial charge in [0.1, 0.15) is 5.75 Å². The third-order valence-corrected chi connectivity index (χ3v) is 4.54. The Labute approximate surface area is 150 Å². The van der Waals surface area contributed by atoms with E-state index in [2.05, 4.69) is 36.1 Å². The molecule has 2 aromatic carbocycles. The molecule has 0 radical (unpaired) electrons. The van der Waals surface area contributed by atoms with Gasteiger partial charge in [0.2, 0.25) is 5.91 Å². The molecule has 2 aromatic rings. The summed E-state index contributed by atoms with van der Waals surface area (Å²) in [5.41, 5.74) is 2.64. The Kier molecular flexibility index (Phi) is 6.07. The number of para-hydroxylation sites is 1. The molecule has 4 heteroatoms. The molecule has 0 saturated carbocycles. The Morgan fingerprint density at radius 2 is 1.76 bits per heavy atom. The average molecular weight is 338 g/mol. The molecule has 25 heavy (non-hydrogen) atoms. The minimum absolute atomic E-state index is 0.186. The highest BCUT2D eigenvalue weighted by Gasteiger charge is 2.20. The number of aryl methyl sites for hydroxylation is 1. The maximum absolute atomic E-state index is 12.3. The predicted molar refractivity (Wildman–Crippen MR) is 99.6 cm³/mol. The summed E-state index contributed by atoms with van der Waals surface area (Å²) in [7, 11) is 0. The zero-order valence-corrected chi connectivity index (χ0v) is 14.9. The van der Waals surface area contributed by atoms with Gasteiger partial charge in [0.15, 0.2) is 0 Å². The Balaban J connectivity index is 1.38. The zero-order chi connectivity index (χ0) is 17.5. The molecule has 1 saturated heterocycles. The van der Waals surface area contributed by atoms with Crippen LogP contribution in [0.1, 0.15) is 17.5 Å². The van der Waals surface area contributed by atoms with Crippen LogP contribution < -0.4 is 4.74 Å². The van der Waals surface area contributed by atoms with Crippen molar-refractivity contribution >= 4 is 5.91 Å². The fourth-order valence-corrected chi connectivity index (χ4v) is 3.16. The van der Waals surface area contributed by atoms with Crippen LogP contribution in [-0.2, 0) is 11.3 Å². The van der Waals surface area contributed by atoms with Gasteiger partial charge < -0.3 is 9.64 Å². The predicted octanol–water partition coefficient (Wildman–Crippen LogP) is 3.11. The summed E-state index contributed by atoms with van der Waals surface area (Å²) in [4.78, 5) is 16.7. The summed E-state index contributed by atoms with van der Waals surface area (Å²) in [6.45, 7) is 6.98. The average Bonchev–Trinajstić information content (AvgIpc) is 2.63. The number of amides is 1. The van der Waals surface area contributed by atoms with E-state index in [-0.39, 0.29) is 5.91 Å². The Morgan fingerprint density at radius 3 is 2.48 bits per heavy atom. The van der Waals surface area contributed by atoms with Crippen molar-refractivity contribution in [3.8, 4) is 5.75 Å². The standard InChI is InChI=1S/C21H26N2O2/c1-18-6-5-7-19(16-18)17-22-11-13-23(14-12-22)21(24)10-15-25-20-8-3-2-4-9-20/h2-9,16H,10-15,17H2,1H3. The number of carbonyl (C=O) groups is 1. The largest absolute Gasteiger partial charge is 0.493 e. The second-order valence-corrected chi connectivity index (χ2v) is 6.56. The van der Waals surface area contributed by atoms with Crippen LogP contribution in [0.25, 0.3) is 0 Å². The van der Waals surface area contributed by atoms with E-state index in [4.69, 9.17) is 4.74 Å². The number of benzene rings is 2. The maximum atomic E-state index is 12.3. The van der Waals surface area contributed by atoms with Crippen molar-refractivity contribution in [1.29, 1.82) is 0 Å². The van der Waals surface area contributed by atoms with E-state index in [1.54, 1.807) is 0 Å². The molecular weight excluding hydrogens is 312 g/mol. The summed E-state index contributed by atoms with van der Waals surface area (Å²) in [6, 6.07) is 18.3. The van der Waals surface area contributed by atoms with Crippen molar-refractivity contribution in [2.45, 2.75) is 19.9 Å². The Hall–Kier alpha value is -2.33. The van der Waals surface area contributed by atoms with Crippen LogP contribution in [-0.4, -0.2) is 48.5 Å². The molecule has 0 aromatic heterocycles. The number of rotatable bonds is 6. The third-order valence-electron chi connectivity index (χ3n) is 4.54. The molecule has 1 aliphatic rings. The van der Waals surface area contributed by atoms with E-state index in [1.165, 1.54) is 11.1 Å². The summed E-state index contributed by atoms with van der Waals surface area (Å²) < 4.78 is 5.62. The van der Waals surface area contributed by atoms with E-state index in [1.807, 2.05) is 35.2 Å². The molecule has 1 amide bonds.